The Kier molecular flexibility index (Phi) is 8.64. The third-order valence-electron chi connectivity index (χ3n) is 3.52. The number of hydrogen-bond donors (Lipinski definition) is 1. The lowest BCUT2D eigenvalue weighted by molar-refractivity contribution is -0.166. The summed E-state index contributed by atoms with van der Waals surface area (Å²) in [6, 6.07) is 4.99. The minimum atomic E-state index is -0.963. The molecule has 0 bridgehead atoms. The first-order chi connectivity index (χ1) is 12.3. The third kappa shape index (κ3) is 6.40. The van der Waals surface area contributed by atoms with Gasteiger partial charge in [0, 0.05) is 23.9 Å². The van der Waals surface area contributed by atoms with Crippen LogP contribution in [0.3, 0.4) is 0 Å². The Morgan fingerprint density at radius 2 is 1.69 bits per heavy atom. The zero-order chi connectivity index (χ0) is 19.7. The summed E-state index contributed by atoms with van der Waals surface area (Å²) in [5.41, 5.74) is 0.476. The minimum Gasteiger partial charge on any atom is -0.497 e. The van der Waals surface area contributed by atoms with Gasteiger partial charge in [-0.2, -0.15) is 0 Å². The van der Waals surface area contributed by atoms with Gasteiger partial charge in [0.25, 0.3) is 5.91 Å². The molecule has 0 saturated carbocycles. The van der Waals surface area contributed by atoms with Crippen LogP contribution in [0.1, 0.15) is 20.8 Å². The molecule has 0 fully saturated rings. The van der Waals surface area contributed by atoms with Crippen LogP contribution >= 0.6 is 0 Å². The molecule has 1 amide bonds. The SMILES string of the molecule is C=CCOC(C)C(=O)OC(C(=O)Nc1cc(OC)cc(OC)c1)C(C)C. The van der Waals surface area contributed by atoms with Gasteiger partial charge in [-0.25, -0.2) is 4.79 Å². The summed E-state index contributed by atoms with van der Waals surface area (Å²) in [5.74, 6) is -0.213. The van der Waals surface area contributed by atoms with E-state index in [0.29, 0.717) is 17.2 Å². The van der Waals surface area contributed by atoms with Crippen molar-refractivity contribution in [1.29, 1.82) is 0 Å². The molecule has 0 aliphatic rings. The predicted octanol–water partition coefficient (Wildman–Crippen LogP) is 2.80. The van der Waals surface area contributed by atoms with Crippen LogP contribution in [-0.4, -0.2) is 44.9 Å². The molecular formula is C19H27NO6. The summed E-state index contributed by atoms with van der Waals surface area (Å²) < 4.78 is 20.9. The van der Waals surface area contributed by atoms with Crippen LogP contribution in [0.15, 0.2) is 30.9 Å². The second-order valence-electron chi connectivity index (χ2n) is 5.96. The van der Waals surface area contributed by atoms with Gasteiger partial charge in [0.15, 0.2) is 12.2 Å². The lowest BCUT2D eigenvalue weighted by Gasteiger charge is -2.22. The number of anilines is 1. The van der Waals surface area contributed by atoms with E-state index >= 15 is 0 Å². The first-order valence-electron chi connectivity index (χ1n) is 8.29. The third-order valence-corrected chi connectivity index (χ3v) is 3.52. The van der Waals surface area contributed by atoms with E-state index in [1.165, 1.54) is 20.3 Å². The summed E-state index contributed by atoms with van der Waals surface area (Å²) >= 11 is 0. The number of nitrogens with one attached hydrogen (secondary N) is 1. The summed E-state index contributed by atoms with van der Waals surface area (Å²) in [6.45, 7) is 8.89. The Morgan fingerprint density at radius 1 is 1.12 bits per heavy atom. The van der Waals surface area contributed by atoms with Crippen molar-refractivity contribution < 1.29 is 28.5 Å². The maximum Gasteiger partial charge on any atom is 0.335 e. The van der Waals surface area contributed by atoms with Crippen molar-refractivity contribution >= 4 is 17.6 Å². The van der Waals surface area contributed by atoms with E-state index in [-0.39, 0.29) is 12.5 Å². The fraction of sp³-hybridized carbons (Fsp3) is 0.474. The molecule has 1 aromatic carbocycles. The maximum atomic E-state index is 12.6. The molecular weight excluding hydrogens is 338 g/mol. The molecule has 2 unspecified atom stereocenters. The minimum absolute atomic E-state index is 0.221. The highest BCUT2D eigenvalue weighted by Crippen LogP contribution is 2.26. The zero-order valence-corrected chi connectivity index (χ0v) is 15.9. The fourth-order valence-corrected chi connectivity index (χ4v) is 2.09. The van der Waals surface area contributed by atoms with Gasteiger partial charge < -0.3 is 24.3 Å². The van der Waals surface area contributed by atoms with E-state index in [4.69, 9.17) is 18.9 Å². The largest absolute Gasteiger partial charge is 0.497 e. The molecule has 7 heteroatoms. The number of amides is 1. The summed E-state index contributed by atoms with van der Waals surface area (Å²) in [7, 11) is 3.04. The molecule has 26 heavy (non-hydrogen) atoms. The second-order valence-corrected chi connectivity index (χ2v) is 5.96. The van der Waals surface area contributed by atoms with E-state index in [2.05, 4.69) is 11.9 Å². The molecule has 7 nitrogen and oxygen atoms in total. The zero-order valence-electron chi connectivity index (χ0n) is 15.9. The lowest BCUT2D eigenvalue weighted by atomic mass is 10.1. The quantitative estimate of drug-likeness (QED) is 0.507. The summed E-state index contributed by atoms with van der Waals surface area (Å²) in [4.78, 5) is 24.7. The van der Waals surface area contributed by atoms with E-state index in [1.54, 1.807) is 39.0 Å². The highest BCUT2D eigenvalue weighted by molar-refractivity contribution is 5.96. The number of carbonyl (C=O) groups excluding carboxylic acids is 2. The molecule has 0 spiro atoms. The van der Waals surface area contributed by atoms with Gasteiger partial charge >= 0.3 is 5.97 Å². The average molecular weight is 365 g/mol. The van der Waals surface area contributed by atoms with E-state index in [9.17, 15) is 9.59 Å². The number of benzene rings is 1. The van der Waals surface area contributed by atoms with Gasteiger partial charge in [0.1, 0.15) is 11.5 Å². The van der Waals surface area contributed by atoms with Crippen LogP contribution in [-0.2, 0) is 19.1 Å². The van der Waals surface area contributed by atoms with E-state index in [0.717, 1.165) is 0 Å². The Balaban J connectivity index is 2.86. The van der Waals surface area contributed by atoms with E-state index in [1.807, 2.05) is 0 Å². The summed E-state index contributed by atoms with van der Waals surface area (Å²) in [6.07, 6.45) is -0.222. The highest BCUT2D eigenvalue weighted by atomic mass is 16.6. The van der Waals surface area contributed by atoms with Crippen molar-refractivity contribution in [2.45, 2.75) is 33.0 Å². The number of rotatable bonds is 10. The molecule has 0 heterocycles. The van der Waals surface area contributed by atoms with Crippen LogP contribution in [0.2, 0.25) is 0 Å². The van der Waals surface area contributed by atoms with Crippen molar-refractivity contribution in [2.75, 3.05) is 26.1 Å². The number of ether oxygens (including phenoxy) is 4. The van der Waals surface area contributed by atoms with Crippen LogP contribution in [0.4, 0.5) is 5.69 Å². The first kappa shape index (κ1) is 21.5. The monoisotopic (exact) mass is 365 g/mol. The Hall–Kier alpha value is -2.54. The molecule has 1 rings (SSSR count). The van der Waals surface area contributed by atoms with Crippen molar-refractivity contribution in [1.82, 2.24) is 0 Å². The topological polar surface area (TPSA) is 83.1 Å². The van der Waals surface area contributed by atoms with Crippen molar-refractivity contribution in [3.05, 3.63) is 30.9 Å². The van der Waals surface area contributed by atoms with Crippen LogP contribution in [0, 0.1) is 5.92 Å². The molecule has 0 saturated heterocycles. The first-order valence-corrected chi connectivity index (χ1v) is 8.29. The van der Waals surface area contributed by atoms with Crippen molar-refractivity contribution in [3.8, 4) is 11.5 Å². The van der Waals surface area contributed by atoms with Gasteiger partial charge in [-0.05, 0) is 12.8 Å². The van der Waals surface area contributed by atoms with Crippen molar-refractivity contribution in [3.63, 3.8) is 0 Å². The fourth-order valence-electron chi connectivity index (χ4n) is 2.09. The number of esters is 1. The van der Waals surface area contributed by atoms with Gasteiger partial charge in [0.2, 0.25) is 0 Å². The normalized spacial score (nSPS) is 12.8. The molecule has 0 aromatic heterocycles. The second kappa shape index (κ2) is 10.5. The molecule has 0 aliphatic carbocycles. The summed E-state index contributed by atoms with van der Waals surface area (Å²) in [5, 5.41) is 2.73. The number of methoxy groups -OCH3 is 2. The highest BCUT2D eigenvalue weighted by Gasteiger charge is 2.29. The maximum absolute atomic E-state index is 12.6. The van der Waals surface area contributed by atoms with Gasteiger partial charge in [-0.3, -0.25) is 4.79 Å². The number of hydrogen-bond acceptors (Lipinski definition) is 6. The molecule has 2 atom stereocenters. The molecule has 144 valence electrons. The molecule has 0 radical (unpaired) electrons. The number of carbonyl (C=O) groups is 2. The Labute approximate surface area is 154 Å². The van der Waals surface area contributed by atoms with Crippen LogP contribution < -0.4 is 14.8 Å². The smallest absolute Gasteiger partial charge is 0.335 e. The predicted molar refractivity (Wildman–Crippen MR) is 98.5 cm³/mol. The Morgan fingerprint density at radius 3 is 2.15 bits per heavy atom. The molecule has 1 aromatic rings. The van der Waals surface area contributed by atoms with Crippen molar-refractivity contribution in [2.24, 2.45) is 5.92 Å². The van der Waals surface area contributed by atoms with Gasteiger partial charge in [-0.15, -0.1) is 6.58 Å². The van der Waals surface area contributed by atoms with Gasteiger partial charge in [-0.1, -0.05) is 19.9 Å². The van der Waals surface area contributed by atoms with Gasteiger partial charge in [0.05, 0.1) is 20.8 Å². The average Bonchev–Trinajstić information content (AvgIpc) is 2.62. The molecule has 1 N–H and O–H groups in total. The lowest BCUT2D eigenvalue weighted by Crippen LogP contribution is -2.39. The van der Waals surface area contributed by atoms with Crippen LogP contribution in [0.5, 0.6) is 11.5 Å². The Bertz CT molecular complexity index is 606. The van der Waals surface area contributed by atoms with Crippen LogP contribution in [0.25, 0.3) is 0 Å². The van der Waals surface area contributed by atoms with E-state index < -0.39 is 24.1 Å². The standard InChI is InChI=1S/C19H27NO6/c1-7-8-25-13(4)19(22)26-17(12(2)3)18(21)20-14-9-15(23-5)11-16(10-14)24-6/h7,9-13,17H,1,8H2,2-6H3,(H,20,21). The molecule has 0 aliphatic heterocycles.